The number of carboxylic acids is 1. The number of rotatable bonds is 14. The highest BCUT2D eigenvalue weighted by Gasteiger charge is 2.34. The predicted octanol–water partition coefficient (Wildman–Crippen LogP) is 7.83. The highest BCUT2D eigenvalue weighted by Crippen LogP contribution is 2.39. The molecule has 0 spiro atoms. The number of methoxy groups -OCH3 is 1. The molecule has 8 nitrogen and oxygen atoms in total. The van der Waals surface area contributed by atoms with Gasteiger partial charge in [-0.25, -0.2) is 26.6 Å². The number of aromatic nitrogens is 2. The van der Waals surface area contributed by atoms with Crippen LogP contribution < -0.4 is 4.74 Å². The molecule has 0 unspecified atom stereocenters. The van der Waals surface area contributed by atoms with Crippen LogP contribution in [0.15, 0.2) is 70.8 Å². The van der Waals surface area contributed by atoms with Crippen LogP contribution in [0.3, 0.4) is 0 Å². The van der Waals surface area contributed by atoms with Gasteiger partial charge in [-0.05, 0) is 67.4 Å². The van der Waals surface area contributed by atoms with Crippen LogP contribution in [-0.2, 0) is 26.0 Å². The van der Waals surface area contributed by atoms with Gasteiger partial charge in [0, 0.05) is 29.0 Å². The highest BCUT2D eigenvalue weighted by molar-refractivity contribution is 7.98. The number of benzene rings is 3. The van der Waals surface area contributed by atoms with Crippen LogP contribution >= 0.6 is 23.4 Å². The summed E-state index contributed by atoms with van der Waals surface area (Å²) in [7, 11) is -3.03. The molecule has 1 aromatic heterocycles. The Bertz CT molecular complexity index is 1840. The minimum atomic E-state index is -4.54. The van der Waals surface area contributed by atoms with E-state index in [1.54, 1.807) is 35.0 Å². The molecule has 4 aromatic rings. The van der Waals surface area contributed by atoms with E-state index in [9.17, 15) is 22.7 Å². The molecule has 4 rings (SSSR count). The van der Waals surface area contributed by atoms with E-state index in [0.717, 1.165) is 21.6 Å². The molecule has 0 aliphatic heterocycles. The predicted molar refractivity (Wildman–Crippen MR) is 175 cm³/mol. The van der Waals surface area contributed by atoms with Gasteiger partial charge in [0.25, 0.3) is 0 Å². The third kappa shape index (κ3) is 7.64. The standard InChI is InChI=1S/C33H35ClF3N3O5S2/c1-6-7-14-39(20(2)31(41)42)47(43,44)24-16-27(36)25(28(37)17-24)19-46-32-38-18-30(40(32)23-11-9-22(35)10-12-23)33(3,4)21-8-13-26(34)29(15-21)45-5/h8-13,15-18,20H,6-7,14,19H2,1-5H3,(H,41,42)/t20-/m0/s1. The average Bonchev–Trinajstić information content (AvgIpc) is 3.45. The van der Waals surface area contributed by atoms with Crippen molar-refractivity contribution in [1.29, 1.82) is 0 Å². The van der Waals surface area contributed by atoms with Crippen LogP contribution in [0.25, 0.3) is 5.69 Å². The number of carbonyl (C=O) groups is 1. The molecule has 1 atom stereocenters. The van der Waals surface area contributed by atoms with Gasteiger partial charge in [-0.15, -0.1) is 0 Å². The number of imidazole rings is 1. The lowest BCUT2D eigenvalue weighted by atomic mass is 9.81. The van der Waals surface area contributed by atoms with E-state index in [1.807, 2.05) is 26.8 Å². The lowest BCUT2D eigenvalue weighted by Gasteiger charge is -2.28. The molecule has 1 N–H and O–H groups in total. The van der Waals surface area contributed by atoms with Crippen molar-refractivity contribution >= 4 is 39.4 Å². The molecule has 0 saturated heterocycles. The van der Waals surface area contributed by atoms with Crippen LogP contribution in [0.1, 0.15) is 57.4 Å². The largest absolute Gasteiger partial charge is 0.495 e. The van der Waals surface area contributed by atoms with Crippen molar-refractivity contribution in [3.05, 3.63) is 100 Å². The maximum atomic E-state index is 15.5. The quantitative estimate of drug-likeness (QED) is 0.133. The van der Waals surface area contributed by atoms with Crippen LogP contribution in [0.4, 0.5) is 13.2 Å². The van der Waals surface area contributed by atoms with Gasteiger partial charge in [-0.1, -0.05) is 56.6 Å². The molecule has 0 radical (unpaired) electrons. The maximum Gasteiger partial charge on any atom is 0.321 e. The number of aliphatic carboxylic acids is 1. The number of hydrogen-bond acceptors (Lipinski definition) is 6. The zero-order valence-corrected chi connectivity index (χ0v) is 28.8. The van der Waals surface area contributed by atoms with E-state index in [-0.39, 0.29) is 12.3 Å². The monoisotopic (exact) mass is 709 g/mol. The van der Waals surface area contributed by atoms with Crippen molar-refractivity contribution in [2.75, 3.05) is 13.7 Å². The summed E-state index contributed by atoms with van der Waals surface area (Å²) in [5.74, 6) is -3.84. The molecular formula is C33H35ClF3N3O5S2. The van der Waals surface area contributed by atoms with Gasteiger partial charge >= 0.3 is 5.97 Å². The Kier molecular flexibility index (Phi) is 11.4. The molecule has 3 aromatic carbocycles. The molecule has 252 valence electrons. The van der Waals surface area contributed by atoms with E-state index in [2.05, 4.69) is 4.98 Å². The van der Waals surface area contributed by atoms with Gasteiger partial charge in [-0.2, -0.15) is 4.31 Å². The number of thioether (sulfide) groups is 1. The Hall–Kier alpha value is -3.52. The zero-order chi connectivity index (χ0) is 34.7. The van der Waals surface area contributed by atoms with Crippen LogP contribution in [0.2, 0.25) is 5.02 Å². The van der Waals surface area contributed by atoms with E-state index < -0.39 is 55.4 Å². The van der Waals surface area contributed by atoms with Crippen molar-refractivity contribution < 1.29 is 36.2 Å². The Labute approximate surface area is 281 Å². The van der Waals surface area contributed by atoms with Gasteiger partial charge in [-0.3, -0.25) is 9.36 Å². The smallest absolute Gasteiger partial charge is 0.321 e. The Morgan fingerprint density at radius 1 is 1.11 bits per heavy atom. The molecule has 0 saturated carbocycles. The third-order valence-electron chi connectivity index (χ3n) is 7.92. The first-order valence-electron chi connectivity index (χ1n) is 14.7. The first-order chi connectivity index (χ1) is 22.1. The van der Waals surface area contributed by atoms with Crippen molar-refractivity contribution in [2.24, 2.45) is 0 Å². The Morgan fingerprint density at radius 3 is 2.32 bits per heavy atom. The van der Waals surface area contributed by atoms with Gasteiger partial charge in [0.05, 0.1) is 28.9 Å². The summed E-state index contributed by atoms with van der Waals surface area (Å²) in [5.41, 5.74) is 0.965. The molecule has 0 fully saturated rings. The molecule has 0 bridgehead atoms. The fraction of sp³-hybridized carbons (Fsp3) is 0.333. The molecule has 0 aliphatic rings. The zero-order valence-electron chi connectivity index (χ0n) is 26.4. The summed E-state index contributed by atoms with van der Waals surface area (Å²) in [6, 6.07) is 11.0. The number of sulfonamides is 1. The molecule has 1 heterocycles. The molecule has 14 heteroatoms. The molecule has 47 heavy (non-hydrogen) atoms. The number of carboxylic acid groups (broad SMARTS) is 1. The highest BCUT2D eigenvalue weighted by atomic mass is 35.5. The van der Waals surface area contributed by atoms with Gasteiger partial charge in [0.2, 0.25) is 10.0 Å². The van der Waals surface area contributed by atoms with Crippen molar-refractivity contribution in [1.82, 2.24) is 13.9 Å². The lowest BCUT2D eigenvalue weighted by Crippen LogP contribution is -2.43. The first-order valence-corrected chi connectivity index (χ1v) is 17.5. The van der Waals surface area contributed by atoms with Crippen molar-refractivity contribution in [3.8, 4) is 11.4 Å². The summed E-state index contributed by atoms with van der Waals surface area (Å²) in [5, 5.41) is 10.2. The van der Waals surface area contributed by atoms with Gasteiger partial charge < -0.3 is 9.84 Å². The topological polar surface area (TPSA) is 102 Å². The number of nitrogens with zero attached hydrogens (tertiary/aromatic N) is 3. The normalized spacial score (nSPS) is 12.8. The third-order valence-corrected chi connectivity index (χ3v) is 11.2. The summed E-state index contributed by atoms with van der Waals surface area (Å²) >= 11 is 7.26. The van der Waals surface area contributed by atoms with Crippen molar-refractivity contribution in [2.45, 2.75) is 67.8 Å². The Balaban J connectivity index is 1.72. The summed E-state index contributed by atoms with van der Waals surface area (Å²) < 4.78 is 79.4. The average molecular weight is 710 g/mol. The number of unbranched alkanes of at least 4 members (excludes halogenated alkanes) is 1. The molecule has 0 amide bonds. The first kappa shape index (κ1) is 36.3. The van der Waals surface area contributed by atoms with E-state index in [0.29, 0.717) is 52.3 Å². The SMILES string of the molecule is CCCCN([C@@H](C)C(=O)O)S(=O)(=O)c1cc(F)c(CSc2ncc(C(C)(C)c3ccc(Cl)c(OC)c3)n2-c2ccc(F)cc2)c(F)c1. The van der Waals surface area contributed by atoms with Crippen molar-refractivity contribution in [3.63, 3.8) is 0 Å². The second-order valence-corrected chi connectivity index (χ2v) is 14.6. The fourth-order valence-corrected chi connectivity index (χ4v) is 7.87. The summed E-state index contributed by atoms with van der Waals surface area (Å²) in [6.45, 7) is 6.79. The van der Waals surface area contributed by atoms with Gasteiger partial charge in [0.1, 0.15) is 29.2 Å². The summed E-state index contributed by atoms with van der Waals surface area (Å²) in [4.78, 5) is 15.5. The summed E-state index contributed by atoms with van der Waals surface area (Å²) in [6.07, 6.45) is 2.57. The minimum Gasteiger partial charge on any atom is -0.495 e. The number of hydrogen-bond donors (Lipinski definition) is 1. The maximum absolute atomic E-state index is 15.5. The second kappa shape index (κ2) is 14.7. The number of halogens is 4. The van der Waals surface area contributed by atoms with Gasteiger partial charge in [0.15, 0.2) is 5.16 Å². The van der Waals surface area contributed by atoms with Crippen LogP contribution in [0.5, 0.6) is 5.75 Å². The second-order valence-electron chi connectivity index (χ2n) is 11.3. The number of ether oxygens (including phenoxy) is 1. The lowest BCUT2D eigenvalue weighted by molar-refractivity contribution is -0.140. The van der Waals surface area contributed by atoms with E-state index >= 15 is 8.78 Å². The van der Waals surface area contributed by atoms with E-state index in [4.69, 9.17) is 16.3 Å². The molecule has 0 aliphatic carbocycles. The fourth-order valence-electron chi connectivity index (χ4n) is 5.01. The minimum absolute atomic E-state index is 0.124. The Morgan fingerprint density at radius 2 is 1.74 bits per heavy atom. The van der Waals surface area contributed by atoms with Crippen LogP contribution in [0, 0.1) is 17.5 Å². The molecular weight excluding hydrogens is 675 g/mol. The van der Waals surface area contributed by atoms with E-state index in [1.165, 1.54) is 26.2 Å². The van der Waals surface area contributed by atoms with Crippen LogP contribution in [-0.4, -0.2) is 53.0 Å².